The predicted octanol–water partition coefficient (Wildman–Crippen LogP) is 2.96. The number of fused-ring (bicyclic) bond motifs is 1. The summed E-state index contributed by atoms with van der Waals surface area (Å²) in [6.07, 6.45) is 0. The van der Waals surface area contributed by atoms with Gasteiger partial charge in [-0.05, 0) is 23.3 Å². The third-order valence-electron chi connectivity index (χ3n) is 3.75. The van der Waals surface area contributed by atoms with Crippen molar-refractivity contribution in [3.63, 3.8) is 0 Å². The van der Waals surface area contributed by atoms with Crippen LogP contribution < -0.4 is 11.3 Å². The van der Waals surface area contributed by atoms with Gasteiger partial charge in [-0.25, -0.2) is 4.98 Å². The first-order chi connectivity index (χ1) is 12.2. The molecule has 25 heavy (non-hydrogen) atoms. The standard InChI is InChI=1S/C18H15N5OS/c19-17-21-18-20-14(10-16(24)23(18)22-17)11-25-15-8-6-13(7-9-15)12-4-2-1-3-5-12/h1-10H,11H2,(H3,19,20,21,22). The van der Waals surface area contributed by atoms with Crippen LogP contribution in [-0.4, -0.2) is 19.6 Å². The molecule has 0 bridgehead atoms. The smallest absolute Gasteiger partial charge is 0.274 e. The van der Waals surface area contributed by atoms with Gasteiger partial charge in [0.05, 0.1) is 5.69 Å². The number of nitrogen functional groups attached to an aromatic ring is 1. The third kappa shape index (κ3) is 3.27. The van der Waals surface area contributed by atoms with Crippen LogP contribution in [0.1, 0.15) is 5.69 Å². The normalized spacial score (nSPS) is 11.0. The highest BCUT2D eigenvalue weighted by molar-refractivity contribution is 7.98. The SMILES string of the molecule is Nc1nc2nc(CSc3ccc(-c4ccccc4)cc3)cc(=O)n2[nH]1. The van der Waals surface area contributed by atoms with E-state index < -0.39 is 0 Å². The van der Waals surface area contributed by atoms with Crippen LogP contribution in [-0.2, 0) is 5.75 Å². The molecule has 2 aromatic carbocycles. The zero-order valence-electron chi connectivity index (χ0n) is 13.2. The Hall–Kier alpha value is -3.06. The number of nitrogens with zero attached hydrogens (tertiary/aromatic N) is 3. The number of thioether (sulfide) groups is 1. The van der Waals surface area contributed by atoms with E-state index >= 15 is 0 Å². The van der Waals surface area contributed by atoms with Gasteiger partial charge in [-0.3, -0.25) is 9.89 Å². The van der Waals surface area contributed by atoms with Gasteiger partial charge in [-0.15, -0.1) is 11.8 Å². The number of rotatable bonds is 4. The molecule has 0 aliphatic rings. The number of aromatic nitrogens is 4. The summed E-state index contributed by atoms with van der Waals surface area (Å²) in [7, 11) is 0. The molecular formula is C18H15N5OS. The minimum Gasteiger partial charge on any atom is -0.368 e. The Morgan fingerprint density at radius 3 is 2.48 bits per heavy atom. The lowest BCUT2D eigenvalue weighted by Crippen LogP contribution is -2.15. The molecule has 0 aliphatic heterocycles. The van der Waals surface area contributed by atoms with Crippen LogP contribution >= 0.6 is 11.8 Å². The third-order valence-corrected chi connectivity index (χ3v) is 4.79. The molecule has 4 rings (SSSR count). The first-order valence-corrected chi connectivity index (χ1v) is 8.70. The molecule has 0 saturated heterocycles. The molecule has 2 aromatic heterocycles. The van der Waals surface area contributed by atoms with E-state index in [0.717, 1.165) is 4.90 Å². The monoisotopic (exact) mass is 349 g/mol. The molecule has 7 heteroatoms. The number of anilines is 1. The summed E-state index contributed by atoms with van der Waals surface area (Å²) < 4.78 is 1.23. The first kappa shape index (κ1) is 15.5. The lowest BCUT2D eigenvalue weighted by atomic mass is 10.1. The van der Waals surface area contributed by atoms with Crippen LogP contribution in [0.4, 0.5) is 5.95 Å². The van der Waals surface area contributed by atoms with E-state index in [1.807, 2.05) is 18.2 Å². The highest BCUT2D eigenvalue weighted by atomic mass is 32.2. The lowest BCUT2D eigenvalue weighted by Gasteiger charge is -2.04. The van der Waals surface area contributed by atoms with Crippen LogP contribution in [0.5, 0.6) is 0 Å². The molecule has 0 spiro atoms. The summed E-state index contributed by atoms with van der Waals surface area (Å²) in [6, 6.07) is 20.1. The lowest BCUT2D eigenvalue weighted by molar-refractivity contribution is 0.891. The van der Waals surface area contributed by atoms with Crippen molar-refractivity contribution < 1.29 is 0 Å². The van der Waals surface area contributed by atoms with E-state index in [2.05, 4.69) is 51.5 Å². The van der Waals surface area contributed by atoms with Crippen molar-refractivity contribution in [3.8, 4) is 11.1 Å². The van der Waals surface area contributed by atoms with Gasteiger partial charge in [0.15, 0.2) is 0 Å². The minimum atomic E-state index is -0.218. The van der Waals surface area contributed by atoms with Gasteiger partial charge < -0.3 is 5.73 Å². The maximum atomic E-state index is 12.0. The molecule has 0 atom stereocenters. The van der Waals surface area contributed by atoms with Crippen LogP contribution in [0.25, 0.3) is 16.9 Å². The zero-order chi connectivity index (χ0) is 17.2. The van der Waals surface area contributed by atoms with Gasteiger partial charge in [0.2, 0.25) is 5.95 Å². The van der Waals surface area contributed by atoms with Crippen molar-refractivity contribution in [1.29, 1.82) is 0 Å². The number of hydrogen-bond donors (Lipinski definition) is 2. The van der Waals surface area contributed by atoms with E-state index in [1.165, 1.54) is 21.7 Å². The van der Waals surface area contributed by atoms with E-state index in [1.54, 1.807) is 11.8 Å². The van der Waals surface area contributed by atoms with Crippen molar-refractivity contribution in [2.75, 3.05) is 5.73 Å². The molecule has 6 nitrogen and oxygen atoms in total. The first-order valence-electron chi connectivity index (χ1n) is 7.71. The molecule has 3 N–H and O–H groups in total. The van der Waals surface area contributed by atoms with Crippen LogP contribution in [0.3, 0.4) is 0 Å². The zero-order valence-corrected chi connectivity index (χ0v) is 14.0. The molecular weight excluding hydrogens is 334 g/mol. The molecule has 0 aliphatic carbocycles. The summed E-state index contributed by atoms with van der Waals surface area (Å²) in [6.45, 7) is 0. The number of nitrogens with one attached hydrogen (secondary N) is 1. The molecule has 124 valence electrons. The van der Waals surface area contributed by atoms with Gasteiger partial charge in [0.25, 0.3) is 11.3 Å². The summed E-state index contributed by atoms with van der Waals surface area (Å²) in [5, 5.41) is 2.65. The molecule has 2 heterocycles. The minimum absolute atomic E-state index is 0.172. The van der Waals surface area contributed by atoms with Crippen molar-refractivity contribution in [1.82, 2.24) is 19.6 Å². The van der Waals surface area contributed by atoms with Gasteiger partial charge in [0.1, 0.15) is 0 Å². The highest BCUT2D eigenvalue weighted by Gasteiger charge is 2.07. The van der Waals surface area contributed by atoms with Gasteiger partial charge >= 0.3 is 0 Å². The quantitative estimate of drug-likeness (QED) is 0.553. The highest BCUT2D eigenvalue weighted by Crippen LogP contribution is 2.25. The average molecular weight is 349 g/mol. The fraction of sp³-hybridized carbons (Fsp3) is 0.0556. The second-order valence-electron chi connectivity index (χ2n) is 5.51. The molecule has 0 fully saturated rings. The largest absolute Gasteiger partial charge is 0.368 e. The Kier molecular flexibility index (Phi) is 3.99. The van der Waals surface area contributed by atoms with E-state index in [9.17, 15) is 4.79 Å². The number of nitrogens with two attached hydrogens (primary N) is 1. The summed E-state index contributed by atoms with van der Waals surface area (Å²) in [4.78, 5) is 21.5. The topological polar surface area (TPSA) is 89.1 Å². The van der Waals surface area contributed by atoms with Crippen LogP contribution in [0, 0.1) is 0 Å². The van der Waals surface area contributed by atoms with E-state index in [0.29, 0.717) is 17.2 Å². The van der Waals surface area contributed by atoms with Gasteiger partial charge in [0, 0.05) is 16.7 Å². The van der Waals surface area contributed by atoms with Crippen molar-refractivity contribution in [2.45, 2.75) is 10.6 Å². The Morgan fingerprint density at radius 2 is 1.72 bits per heavy atom. The Balaban J connectivity index is 1.51. The Morgan fingerprint density at radius 1 is 1.00 bits per heavy atom. The fourth-order valence-electron chi connectivity index (χ4n) is 2.55. The van der Waals surface area contributed by atoms with Crippen LogP contribution in [0.15, 0.2) is 70.4 Å². The maximum Gasteiger partial charge on any atom is 0.274 e. The number of H-pyrrole nitrogens is 1. The van der Waals surface area contributed by atoms with Gasteiger partial charge in [-0.2, -0.15) is 9.50 Å². The molecule has 0 amide bonds. The Labute approximate surface area is 147 Å². The molecule has 0 unspecified atom stereocenters. The van der Waals surface area contributed by atoms with E-state index in [4.69, 9.17) is 5.73 Å². The van der Waals surface area contributed by atoms with Crippen molar-refractivity contribution in [2.24, 2.45) is 0 Å². The fourth-order valence-corrected chi connectivity index (χ4v) is 3.34. The molecule has 0 radical (unpaired) electrons. The number of aromatic amines is 1. The summed E-state index contributed by atoms with van der Waals surface area (Å²) in [5.41, 5.74) is 8.39. The Bertz CT molecular complexity index is 1070. The van der Waals surface area contributed by atoms with Crippen molar-refractivity contribution in [3.05, 3.63) is 76.7 Å². The second-order valence-corrected chi connectivity index (χ2v) is 6.56. The number of benzene rings is 2. The molecule has 0 saturated carbocycles. The number of hydrogen-bond acceptors (Lipinski definition) is 5. The van der Waals surface area contributed by atoms with Crippen LogP contribution in [0.2, 0.25) is 0 Å². The second kappa shape index (κ2) is 6.45. The predicted molar refractivity (Wildman–Crippen MR) is 99.5 cm³/mol. The van der Waals surface area contributed by atoms with Crippen molar-refractivity contribution >= 4 is 23.5 Å². The summed E-state index contributed by atoms with van der Waals surface area (Å²) in [5.74, 6) is 1.05. The van der Waals surface area contributed by atoms with E-state index in [-0.39, 0.29) is 11.5 Å². The maximum absolute atomic E-state index is 12.0. The van der Waals surface area contributed by atoms with Gasteiger partial charge in [-0.1, -0.05) is 42.5 Å². The average Bonchev–Trinajstić information content (AvgIpc) is 3.02. The summed E-state index contributed by atoms with van der Waals surface area (Å²) >= 11 is 1.62. The molecule has 4 aromatic rings.